The summed E-state index contributed by atoms with van der Waals surface area (Å²) in [5.41, 5.74) is 0.732. The second-order valence-electron chi connectivity index (χ2n) is 1.83. The molecule has 1 rings (SSSR count). The summed E-state index contributed by atoms with van der Waals surface area (Å²) in [5.74, 6) is 0.366. The Kier molecular flexibility index (Phi) is 2.65. The first-order valence-electron chi connectivity index (χ1n) is 2.92. The van der Waals surface area contributed by atoms with E-state index in [1.165, 1.54) is 0 Å². The van der Waals surface area contributed by atoms with Gasteiger partial charge in [-0.05, 0) is 0 Å². The molecule has 0 fully saturated rings. The summed E-state index contributed by atoms with van der Waals surface area (Å²) in [6.45, 7) is 0.551. The molecule has 5 heteroatoms. The zero-order valence-electron chi connectivity index (χ0n) is 5.37. The molecule has 10 heavy (non-hydrogen) atoms. The highest BCUT2D eigenvalue weighted by molar-refractivity contribution is 6.16. The minimum atomic E-state index is 0.0745. The highest BCUT2D eigenvalue weighted by Crippen LogP contribution is 1.96. The topological polar surface area (TPSA) is 50.9 Å². The molecule has 56 valence electrons. The molecule has 0 unspecified atom stereocenters. The average molecular weight is 162 g/mol. The molecule has 0 aliphatic heterocycles. The van der Waals surface area contributed by atoms with Crippen molar-refractivity contribution in [2.45, 2.75) is 12.4 Å². The van der Waals surface area contributed by atoms with Crippen LogP contribution in [0, 0.1) is 0 Å². The molecular formula is C5H8ClN3O. The molecule has 0 saturated carbocycles. The van der Waals surface area contributed by atoms with Crippen molar-refractivity contribution in [1.29, 1.82) is 0 Å². The Bertz CT molecular complexity index is 201. The van der Waals surface area contributed by atoms with Gasteiger partial charge in [-0.3, -0.25) is 0 Å². The lowest BCUT2D eigenvalue weighted by Gasteiger charge is -1.91. The number of aromatic nitrogens is 3. The fourth-order valence-corrected chi connectivity index (χ4v) is 0.734. The van der Waals surface area contributed by atoms with Crippen molar-refractivity contribution in [3.05, 3.63) is 11.9 Å². The molecule has 1 aromatic rings. The van der Waals surface area contributed by atoms with Crippen LogP contribution in [0.3, 0.4) is 0 Å². The van der Waals surface area contributed by atoms with Gasteiger partial charge in [0.2, 0.25) is 0 Å². The van der Waals surface area contributed by atoms with Crippen LogP contribution in [0.4, 0.5) is 0 Å². The first kappa shape index (κ1) is 7.50. The van der Waals surface area contributed by atoms with E-state index >= 15 is 0 Å². The van der Waals surface area contributed by atoms with Crippen LogP contribution < -0.4 is 0 Å². The molecule has 0 bridgehead atoms. The van der Waals surface area contributed by atoms with Gasteiger partial charge in [0.1, 0.15) is 0 Å². The number of alkyl halides is 1. The van der Waals surface area contributed by atoms with Gasteiger partial charge in [-0.15, -0.1) is 16.7 Å². The number of hydrogen-bond donors (Lipinski definition) is 1. The second kappa shape index (κ2) is 3.53. The van der Waals surface area contributed by atoms with Gasteiger partial charge in [0.15, 0.2) is 0 Å². The molecule has 0 spiro atoms. The zero-order valence-corrected chi connectivity index (χ0v) is 6.12. The molecule has 0 amide bonds. The third kappa shape index (κ3) is 1.68. The predicted molar refractivity (Wildman–Crippen MR) is 36.7 cm³/mol. The van der Waals surface area contributed by atoms with Crippen molar-refractivity contribution in [2.24, 2.45) is 0 Å². The third-order valence-corrected chi connectivity index (χ3v) is 1.33. The molecule has 0 aromatic carbocycles. The summed E-state index contributed by atoms with van der Waals surface area (Å²) in [4.78, 5) is 0. The number of aliphatic hydroxyl groups excluding tert-OH is 1. The van der Waals surface area contributed by atoms with Crippen molar-refractivity contribution in [2.75, 3.05) is 6.61 Å². The highest BCUT2D eigenvalue weighted by atomic mass is 35.5. The minimum Gasteiger partial charge on any atom is -0.394 e. The quantitative estimate of drug-likeness (QED) is 0.636. The summed E-state index contributed by atoms with van der Waals surface area (Å²) in [7, 11) is 0. The van der Waals surface area contributed by atoms with Gasteiger partial charge in [-0.2, -0.15) is 0 Å². The molecule has 1 aromatic heterocycles. The average Bonchev–Trinajstić information content (AvgIpc) is 2.37. The number of aliphatic hydroxyl groups is 1. The maximum atomic E-state index is 8.48. The monoisotopic (exact) mass is 161 g/mol. The standard InChI is InChI=1S/C5H8ClN3O/c6-3-5-4-9(1-2-10)8-7-5/h4,10H,1-3H2. The molecule has 4 nitrogen and oxygen atoms in total. The molecule has 0 aliphatic rings. The van der Waals surface area contributed by atoms with Crippen molar-refractivity contribution in [3.63, 3.8) is 0 Å². The molecule has 0 aliphatic carbocycles. The largest absolute Gasteiger partial charge is 0.394 e. The van der Waals surface area contributed by atoms with Crippen molar-refractivity contribution in [1.82, 2.24) is 15.0 Å². The van der Waals surface area contributed by atoms with Crippen LogP contribution in [0.5, 0.6) is 0 Å². The van der Waals surface area contributed by atoms with E-state index in [-0.39, 0.29) is 6.61 Å². The molecule has 0 atom stereocenters. The van der Waals surface area contributed by atoms with Crippen LogP contribution in [0.15, 0.2) is 6.20 Å². The Morgan fingerprint density at radius 1 is 1.70 bits per heavy atom. The van der Waals surface area contributed by atoms with Crippen LogP contribution in [0.1, 0.15) is 5.69 Å². The van der Waals surface area contributed by atoms with Gasteiger partial charge < -0.3 is 5.11 Å². The van der Waals surface area contributed by atoms with Gasteiger partial charge in [-0.25, -0.2) is 4.68 Å². The van der Waals surface area contributed by atoms with E-state index in [9.17, 15) is 0 Å². The molecule has 1 N–H and O–H groups in total. The molecule has 0 saturated heterocycles. The summed E-state index contributed by atoms with van der Waals surface area (Å²) in [5, 5.41) is 15.9. The van der Waals surface area contributed by atoms with E-state index in [2.05, 4.69) is 10.3 Å². The van der Waals surface area contributed by atoms with Gasteiger partial charge in [0, 0.05) is 6.20 Å². The summed E-state index contributed by atoms with van der Waals surface area (Å²) in [6.07, 6.45) is 1.71. The zero-order chi connectivity index (χ0) is 7.40. The van der Waals surface area contributed by atoms with Gasteiger partial charge >= 0.3 is 0 Å². The lowest BCUT2D eigenvalue weighted by molar-refractivity contribution is 0.268. The Hall–Kier alpha value is -0.610. The smallest absolute Gasteiger partial charge is 0.0974 e. The SMILES string of the molecule is OCCn1cc(CCl)nn1. The van der Waals surface area contributed by atoms with Crippen LogP contribution in [0.2, 0.25) is 0 Å². The Labute approximate surface area is 63.4 Å². The number of hydrogen-bond acceptors (Lipinski definition) is 3. The summed E-state index contributed by atoms with van der Waals surface area (Å²) < 4.78 is 1.55. The number of halogens is 1. The fourth-order valence-electron chi connectivity index (χ4n) is 0.612. The maximum Gasteiger partial charge on any atom is 0.0974 e. The van der Waals surface area contributed by atoms with E-state index in [1.807, 2.05) is 0 Å². The lowest BCUT2D eigenvalue weighted by atomic mass is 10.5. The van der Waals surface area contributed by atoms with Crippen LogP contribution >= 0.6 is 11.6 Å². The van der Waals surface area contributed by atoms with E-state index in [4.69, 9.17) is 16.7 Å². The highest BCUT2D eigenvalue weighted by Gasteiger charge is 1.96. The molecule has 0 radical (unpaired) electrons. The summed E-state index contributed by atoms with van der Waals surface area (Å²) >= 11 is 5.46. The Morgan fingerprint density at radius 2 is 2.50 bits per heavy atom. The van der Waals surface area contributed by atoms with Gasteiger partial charge in [0.05, 0.1) is 24.7 Å². The third-order valence-electron chi connectivity index (χ3n) is 1.05. The predicted octanol–water partition coefficient (Wildman–Crippen LogP) is 0.00920. The van der Waals surface area contributed by atoms with Crippen molar-refractivity contribution >= 4 is 11.6 Å². The van der Waals surface area contributed by atoms with E-state index in [1.54, 1.807) is 10.9 Å². The normalized spacial score (nSPS) is 10.2. The van der Waals surface area contributed by atoms with E-state index in [0.29, 0.717) is 12.4 Å². The Balaban J connectivity index is 2.59. The number of nitrogens with zero attached hydrogens (tertiary/aromatic N) is 3. The van der Waals surface area contributed by atoms with Crippen LogP contribution in [-0.4, -0.2) is 26.7 Å². The van der Waals surface area contributed by atoms with Crippen molar-refractivity contribution in [3.8, 4) is 0 Å². The first-order chi connectivity index (χ1) is 4.86. The second-order valence-corrected chi connectivity index (χ2v) is 2.10. The van der Waals surface area contributed by atoms with Crippen LogP contribution in [-0.2, 0) is 12.4 Å². The number of rotatable bonds is 3. The fraction of sp³-hybridized carbons (Fsp3) is 0.600. The van der Waals surface area contributed by atoms with Gasteiger partial charge in [-0.1, -0.05) is 5.21 Å². The minimum absolute atomic E-state index is 0.0745. The van der Waals surface area contributed by atoms with E-state index < -0.39 is 0 Å². The maximum absolute atomic E-state index is 8.48. The van der Waals surface area contributed by atoms with Crippen LogP contribution in [0.25, 0.3) is 0 Å². The molecular weight excluding hydrogens is 154 g/mol. The summed E-state index contributed by atoms with van der Waals surface area (Å²) in [6, 6.07) is 0. The Morgan fingerprint density at radius 3 is 3.00 bits per heavy atom. The van der Waals surface area contributed by atoms with Crippen molar-refractivity contribution < 1.29 is 5.11 Å². The molecule has 1 heterocycles. The van der Waals surface area contributed by atoms with E-state index in [0.717, 1.165) is 5.69 Å². The van der Waals surface area contributed by atoms with Gasteiger partial charge in [0.25, 0.3) is 0 Å². The first-order valence-corrected chi connectivity index (χ1v) is 3.46. The lowest BCUT2D eigenvalue weighted by Crippen LogP contribution is -2.01.